The van der Waals surface area contributed by atoms with E-state index in [1.54, 1.807) is 0 Å². The summed E-state index contributed by atoms with van der Waals surface area (Å²) in [7, 11) is 0. The van der Waals surface area contributed by atoms with Crippen molar-refractivity contribution < 1.29 is 9.53 Å². The molecule has 100 valence electrons. The first-order valence-corrected chi connectivity index (χ1v) is 6.35. The van der Waals surface area contributed by atoms with E-state index in [2.05, 4.69) is 17.6 Å². The average molecular weight is 263 g/mol. The Morgan fingerprint density at radius 2 is 2.29 bits per heavy atom. The molecule has 2 heterocycles. The third kappa shape index (κ3) is 4.12. The summed E-state index contributed by atoms with van der Waals surface area (Å²) < 4.78 is 5.64. The topological polar surface area (TPSA) is 50.4 Å². The third-order valence-corrected chi connectivity index (χ3v) is 3.56. The monoisotopic (exact) mass is 262 g/mol. The van der Waals surface area contributed by atoms with Crippen LogP contribution in [0, 0.1) is 0 Å². The molecule has 0 spiro atoms. The fourth-order valence-electron chi connectivity index (χ4n) is 2.45. The first-order valence-electron chi connectivity index (χ1n) is 6.35. The number of hydrogen-bond donors (Lipinski definition) is 2. The number of rotatable bonds is 3. The summed E-state index contributed by atoms with van der Waals surface area (Å²) >= 11 is 0. The molecule has 17 heavy (non-hydrogen) atoms. The lowest BCUT2D eigenvalue weighted by molar-refractivity contribution is -0.124. The van der Waals surface area contributed by atoms with Gasteiger partial charge in [0.2, 0.25) is 5.91 Å². The van der Waals surface area contributed by atoms with Crippen molar-refractivity contribution in [3.63, 3.8) is 0 Å². The van der Waals surface area contributed by atoms with Gasteiger partial charge in [0, 0.05) is 13.2 Å². The van der Waals surface area contributed by atoms with Crippen molar-refractivity contribution in [1.29, 1.82) is 0 Å². The van der Waals surface area contributed by atoms with Crippen molar-refractivity contribution in [1.82, 2.24) is 10.6 Å². The van der Waals surface area contributed by atoms with Crippen LogP contribution in [0.4, 0.5) is 0 Å². The molecule has 5 heteroatoms. The van der Waals surface area contributed by atoms with Gasteiger partial charge in [0.1, 0.15) is 0 Å². The fraction of sp³-hybridized carbons (Fsp3) is 0.917. The quantitative estimate of drug-likeness (QED) is 0.805. The van der Waals surface area contributed by atoms with Gasteiger partial charge < -0.3 is 15.4 Å². The van der Waals surface area contributed by atoms with Gasteiger partial charge in [0.05, 0.1) is 11.6 Å². The smallest absolute Gasteiger partial charge is 0.237 e. The zero-order valence-corrected chi connectivity index (χ0v) is 11.3. The molecule has 2 N–H and O–H groups in total. The maximum Gasteiger partial charge on any atom is 0.237 e. The van der Waals surface area contributed by atoms with Crippen LogP contribution in [0.1, 0.15) is 39.0 Å². The summed E-state index contributed by atoms with van der Waals surface area (Å²) in [6.07, 6.45) is 5.45. The summed E-state index contributed by atoms with van der Waals surface area (Å²) in [6.45, 7) is 4.51. The highest BCUT2D eigenvalue weighted by Crippen LogP contribution is 2.23. The van der Waals surface area contributed by atoms with E-state index >= 15 is 0 Å². The van der Waals surface area contributed by atoms with E-state index in [0.717, 1.165) is 38.8 Å². The third-order valence-electron chi connectivity index (χ3n) is 3.56. The number of halogens is 1. The van der Waals surface area contributed by atoms with Gasteiger partial charge in [-0.2, -0.15) is 0 Å². The lowest BCUT2D eigenvalue weighted by Gasteiger charge is -2.27. The Bertz CT molecular complexity index is 249. The van der Waals surface area contributed by atoms with Gasteiger partial charge in [-0.05, 0) is 39.2 Å². The van der Waals surface area contributed by atoms with Gasteiger partial charge in [0.15, 0.2) is 0 Å². The molecule has 0 bridgehead atoms. The molecule has 0 aromatic heterocycles. The molecule has 2 fully saturated rings. The van der Waals surface area contributed by atoms with E-state index in [1.807, 2.05) is 0 Å². The zero-order valence-electron chi connectivity index (χ0n) is 10.5. The second kappa shape index (κ2) is 6.57. The maximum atomic E-state index is 11.9. The average Bonchev–Trinajstić information content (AvgIpc) is 2.75. The molecule has 2 unspecified atom stereocenters. The lowest BCUT2D eigenvalue weighted by Crippen LogP contribution is -2.50. The summed E-state index contributed by atoms with van der Waals surface area (Å²) in [4.78, 5) is 11.9. The van der Waals surface area contributed by atoms with Crippen LogP contribution in [0.15, 0.2) is 0 Å². The molecule has 0 aliphatic carbocycles. The second-order valence-corrected chi connectivity index (χ2v) is 5.12. The van der Waals surface area contributed by atoms with Crippen molar-refractivity contribution in [3.05, 3.63) is 0 Å². The van der Waals surface area contributed by atoms with Crippen LogP contribution >= 0.6 is 12.4 Å². The molecule has 2 atom stereocenters. The van der Waals surface area contributed by atoms with Gasteiger partial charge in [-0.3, -0.25) is 4.79 Å². The van der Waals surface area contributed by atoms with Crippen LogP contribution in [-0.2, 0) is 9.53 Å². The second-order valence-electron chi connectivity index (χ2n) is 5.12. The zero-order chi connectivity index (χ0) is 11.4. The van der Waals surface area contributed by atoms with Crippen molar-refractivity contribution in [3.8, 4) is 0 Å². The van der Waals surface area contributed by atoms with E-state index in [9.17, 15) is 4.79 Å². The highest BCUT2D eigenvalue weighted by molar-refractivity contribution is 5.85. The standard InChI is InChI=1S/C12H22N2O2.ClH/c1-12(6-4-8-16-12)9-14-11(15)10-5-2-3-7-13-10;/h10,13H,2-9H2,1H3,(H,14,15);1H. The van der Waals surface area contributed by atoms with Crippen LogP contribution in [0.2, 0.25) is 0 Å². The Balaban J connectivity index is 0.00000144. The highest BCUT2D eigenvalue weighted by atomic mass is 35.5. The van der Waals surface area contributed by atoms with Crippen molar-refractivity contribution >= 4 is 18.3 Å². The predicted octanol–water partition coefficient (Wildman–Crippen LogP) is 1.24. The summed E-state index contributed by atoms with van der Waals surface area (Å²) in [5, 5.41) is 6.26. The molecule has 0 saturated carbocycles. The van der Waals surface area contributed by atoms with Crippen molar-refractivity contribution in [2.24, 2.45) is 0 Å². The van der Waals surface area contributed by atoms with Crippen LogP contribution in [0.25, 0.3) is 0 Å². The molecule has 0 aromatic carbocycles. The van der Waals surface area contributed by atoms with Crippen LogP contribution in [0.5, 0.6) is 0 Å². The van der Waals surface area contributed by atoms with E-state index in [-0.39, 0.29) is 30.0 Å². The van der Waals surface area contributed by atoms with Gasteiger partial charge in [0.25, 0.3) is 0 Å². The Morgan fingerprint density at radius 3 is 2.88 bits per heavy atom. The maximum absolute atomic E-state index is 11.9. The molecule has 0 aromatic rings. The lowest BCUT2D eigenvalue weighted by atomic mass is 10.0. The molecular formula is C12H23ClN2O2. The van der Waals surface area contributed by atoms with E-state index in [4.69, 9.17) is 4.74 Å². The molecule has 2 saturated heterocycles. The van der Waals surface area contributed by atoms with Crippen molar-refractivity contribution in [2.75, 3.05) is 19.7 Å². The molecular weight excluding hydrogens is 240 g/mol. The largest absolute Gasteiger partial charge is 0.373 e. The Labute approximate surface area is 109 Å². The minimum Gasteiger partial charge on any atom is -0.373 e. The number of carbonyl (C=O) groups is 1. The van der Waals surface area contributed by atoms with Crippen LogP contribution < -0.4 is 10.6 Å². The number of ether oxygens (including phenoxy) is 1. The normalized spacial score (nSPS) is 32.9. The van der Waals surface area contributed by atoms with E-state index < -0.39 is 0 Å². The molecule has 2 aliphatic heterocycles. The van der Waals surface area contributed by atoms with Gasteiger partial charge in [-0.25, -0.2) is 0 Å². The molecule has 0 radical (unpaired) electrons. The highest BCUT2D eigenvalue weighted by Gasteiger charge is 2.31. The first kappa shape index (κ1) is 14.7. The Morgan fingerprint density at radius 1 is 1.47 bits per heavy atom. The molecule has 4 nitrogen and oxygen atoms in total. The van der Waals surface area contributed by atoms with Crippen molar-refractivity contribution in [2.45, 2.75) is 50.7 Å². The predicted molar refractivity (Wildman–Crippen MR) is 69.5 cm³/mol. The molecule has 1 amide bonds. The van der Waals surface area contributed by atoms with E-state index in [0.29, 0.717) is 6.54 Å². The minimum atomic E-state index is -0.135. The SMILES string of the molecule is CC1(CNC(=O)C2CCCCN2)CCCO1.Cl. The van der Waals surface area contributed by atoms with Crippen LogP contribution in [0.3, 0.4) is 0 Å². The van der Waals surface area contributed by atoms with Gasteiger partial charge in [-0.1, -0.05) is 6.42 Å². The number of hydrogen-bond acceptors (Lipinski definition) is 3. The van der Waals surface area contributed by atoms with Gasteiger partial charge >= 0.3 is 0 Å². The summed E-state index contributed by atoms with van der Waals surface area (Å²) in [6, 6.07) is 0.0127. The summed E-state index contributed by atoms with van der Waals surface area (Å²) in [5.74, 6) is 0.136. The molecule has 2 rings (SSSR count). The van der Waals surface area contributed by atoms with E-state index in [1.165, 1.54) is 6.42 Å². The Hall–Kier alpha value is -0.320. The number of nitrogens with one attached hydrogen (secondary N) is 2. The first-order chi connectivity index (χ1) is 7.70. The Kier molecular flexibility index (Phi) is 5.70. The molecule has 2 aliphatic rings. The van der Waals surface area contributed by atoms with Gasteiger partial charge in [-0.15, -0.1) is 12.4 Å². The summed E-state index contributed by atoms with van der Waals surface area (Å²) in [5.41, 5.74) is -0.135. The number of piperidine rings is 1. The fourth-order valence-corrected chi connectivity index (χ4v) is 2.45. The number of carbonyl (C=O) groups excluding carboxylic acids is 1. The van der Waals surface area contributed by atoms with Crippen LogP contribution in [-0.4, -0.2) is 37.2 Å². The number of amides is 1. The minimum absolute atomic E-state index is 0.